The maximum absolute atomic E-state index is 11.7. The summed E-state index contributed by atoms with van der Waals surface area (Å²) in [6.45, 7) is 4.47. The standard InChI is InChI=1S/C15H19N3O/c1-3-6-12(2)15(19)16-9-8-13-11-18-10-5-4-7-14(18)17-13/h4-7,10-11H,3,8-9H2,1-2H3,(H,16,19)/b12-6+. The average molecular weight is 257 g/mol. The van der Waals surface area contributed by atoms with Gasteiger partial charge in [0.1, 0.15) is 5.65 Å². The molecule has 2 aromatic heterocycles. The molecule has 4 heteroatoms. The van der Waals surface area contributed by atoms with Crippen LogP contribution in [-0.2, 0) is 11.2 Å². The van der Waals surface area contributed by atoms with Crippen LogP contribution < -0.4 is 5.32 Å². The van der Waals surface area contributed by atoms with Crippen molar-refractivity contribution in [2.24, 2.45) is 0 Å². The molecule has 1 amide bonds. The van der Waals surface area contributed by atoms with Gasteiger partial charge in [0.15, 0.2) is 0 Å². The molecular weight excluding hydrogens is 238 g/mol. The van der Waals surface area contributed by atoms with Crippen LogP contribution >= 0.6 is 0 Å². The minimum atomic E-state index is 0.00520. The molecule has 1 N–H and O–H groups in total. The van der Waals surface area contributed by atoms with Gasteiger partial charge in [0, 0.05) is 30.9 Å². The molecule has 100 valence electrons. The number of hydrogen-bond donors (Lipinski definition) is 1. The Morgan fingerprint density at radius 3 is 3.05 bits per heavy atom. The Labute approximate surface area is 113 Å². The van der Waals surface area contributed by atoms with Crippen LogP contribution in [0.3, 0.4) is 0 Å². The summed E-state index contributed by atoms with van der Waals surface area (Å²) in [6, 6.07) is 5.90. The first-order valence-electron chi connectivity index (χ1n) is 6.58. The van der Waals surface area contributed by atoms with Crippen molar-refractivity contribution in [1.82, 2.24) is 14.7 Å². The van der Waals surface area contributed by atoms with Gasteiger partial charge in [-0.1, -0.05) is 19.1 Å². The van der Waals surface area contributed by atoms with Crippen molar-refractivity contribution < 1.29 is 4.79 Å². The van der Waals surface area contributed by atoms with Crippen molar-refractivity contribution >= 4 is 11.6 Å². The van der Waals surface area contributed by atoms with Crippen LogP contribution in [0.1, 0.15) is 26.0 Å². The fourth-order valence-corrected chi connectivity index (χ4v) is 1.95. The lowest BCUT2D eigenvalue weighted by molar-refractivity contribution is -0.117. The van der Waals surface area contributed by atoms with Gasteiger partial charge in [-0.15, -0.1) is 0 Å². The van der Waals surface area contributed by atoms with E-state index in [0.29, 0.717) is 6.54 Å². The molecule has 0 bridgehead atoms. The second kappa shape index (κ2) is 6.18. The number of fused-ring (bicyclic) bond motifs is 1. The highest BCUT2D eigenvalue weighted by Crippen LogP contribution is 2.04. The van der Waals surface area contributed by atoms with E-state index in [1.807, 2.05) is 54.9 Å². The molecular formula is C15H19N3O. The van der Waals surface area contributed by atoms with Gasteiger partial charge >= 0.3 is 0 Å². The van der Waals surface area contributed by atoms with E-state index in [1.165, 1.54) is 0 Å². The SMILES string of the molecule is CC/C=C(\C)C(=O)NCCc1cn2ccccc2n1. The minimum absolute atomic E-state index is 0.00520. The van der Waals surface area contributed by atoms with Gasteiger partial charge in [-0.2, -0.15) is 0 Å². The number of hydrogen-bond acceptors (Lipinski definition) is 2. The Balaban J connectivity index is 1.89. The summed E-state index contributed by atoms with van der Waals surface area (Å²) < 4.78 is 1.99. The van der Waals surface area contributed by atoms with Crippen LogP contribution in [0.25, 0.3) is 5.65 Å². The molecule has 0 unspecified atom stereocenters. The van der Waals surface area contributed by atoms with Gasteiger partial charge in [-0.3, -0.25) is 4.79 Å². The van der Waals surface area contributed by atoms with Crippen molar-refractivity contribution in [3.8, 4) is 0 Å². The van der Waals surface area contributed by atoms with E-state index in [1.54, 1.807) is 0 Å². The maximum Gasteiger partial charge on any atom is 0.246 e. The summed E-state index contributed by atoms with van der Waals surface area (Å²) in [4.78, 5) is 16.2. The number of aromatic nitrogens is 2. The Hall–Kier alpha value is -2.10. The molecule has 2 heterocycles. The van der Waals surface area contributed by atoms with Gasteiger partial charge in [-0.25, -0.2) is 4.98 Å². The third-order valence-electron chi connectivity index (χ3n) is 2.95. The largest absolute Gasteiger partial charge is 0.352 e. The normalized spacial score (nSPS) is 11.8. The molecule has 0 aliphatic carbocycles. The quantitative estimate of drug-likeness (QED) is 0.836. The van der Waals surface area contributed by atoms with Gasteiger partial charge in [0.25, 0.3) is 0 Å². The maximum atomic E-state index is 11.7. The molecule has 4 nitrogen and oxygen atoms in total. The second-order valence-electron chi connectivity index (χ2n) is 4.50. The Kier molecular flexibility index (Phi) is 4.34. The number of carbonyl (C=O) groups is 1. The lowest BCUT2D eigenvalue weighted by Crippen LogP contribution is -2.26. The molecule has 0 saturated heterocycles. The lowest BCUT2D eigenvalue weighted by Gasteiger charge is -2.03. The Bertz CT molecular complexity index is 565. The van der Waals surface area contributed by atoms with E-state index in [9.17, 15) is 4.79 Å². The zero-order chi connectivity index (χ0) is 13.7. The summed E-state index contributed by atoms with van der Waals surface area (Å²) in [6.07, 6.45) is 7.52. The summed E-state index contributed by atoms with van der Waals surface area (Å²) in [7, 11) is 0. The molecule has 0 aliphatic rings. The number of nitrogens with one attached hydrogen (secondary N) is 1. The molecule has 0 saturated carbocycles. The summed E-state index contributed by atoms with van der Waals surface area (Å²) in [5.41, 5.74) is 2.70. The highest BCUT2D eigenvalue weighted by molar-refractivity contribution is 5.92. The van der Waals surface area contributed by atoms with E-state index in [0.717, 1.165) is 29.8 Å². The third kappa shape index (κ3) is 3.44. The van der Waals surface area contributed by atoms with E-state index in [-0.39, 0.29) is 5.91 Å². The zero-order valence-electron chi connectivity index (χ0n) is 11.4. The lowest BCUT2D eigenvalue weighted by atomic mass is 10.2. The zero-order valence-corrected chi connectivity index (χ0v) is 11.4. The van der Waals surface area contributed by atoms with Crippen LogP contribution in [0.2, 0.25) is 0 Å². The van der Waals surface area contributed by atoms with E-state index < -0.39 is 0 Å². The Morgan fingerprint density at radius 2 is 2.32 bits per heavy atom. The van der Waals surface area contributed by atoms with Crippen LogP contribution in [0.15, 0.2) is 42.2 Å². The van der Waals surface area contributed by atoms with Gasteiger partial charge < -0.3 is 9.72 Å². The summed E-state index contributed by atoms with van der Waals surface area (Å²) in [5.74, 6) is 0.00520. The number of nitrogens with zero attached hydrogens (tertiary/aromatic N) is 2. The fraction of sp³-hybridized carbons (Fsp3) is 0.333. The van der Waals surface area contributed by atoms with Crippen molar-refractivity contribution in [2.75, 3.05) is 6.54 Å². The average Bonchev–Trinajstić information content (AvgIpc) is 2.81. The first kappa shape index (κ1) is 13.3. The van der Waals surface area contributed by atoms with Crippen molar-refractivity contribution in [1.29, 1.82) is 0 Å². The number of imidazole rings is 1. The number of pyridine rings is 1. The fourth-order valence-electron chi connectivity index (χ4n) is 1.95. The molecule has 19 heavy (non-hydrogen) atoms. The van der Waals surface area contributed by atoms with Crippen molar-refractivity contribution in [3.63, 3.8) is 0 Å². The monoisotopic (exact) mass is 257 g/mol. The van der Waals surface area contributed by atoms with Gasteiger partial charge in [0.05, 0.1) is 5.69 Å². The molecule has 0 spiro atoms. The number of carbonyl (C=O) groups excluding carboxylic acids is 1. The van der Waals surface area contributed by atoms with Crippen LogP contribution in [0, 0.1) is 0 Å². The number of rotatable bonds is 5. The first-order valence-corrected chi connectivity index (χ1v) is 6.58. The van der Waals surface area contributed by atoms with Crippen molar-refractivity contribution in [3.05, 3.63) is 47.9 Å². The predicted octanol–water partition coefficient (Wildman–Crippen LogP) is 2.35. The van der Waals surface area contributed by atoms with Crippen LogP contribution in [0.5, 0.6) is 0 Å². The van der Waals surface area contributed by atoms with E-state index in [2.05, 4.69) is 10.3 Å². The van der Waals surface area contributed by atoms with E-state index in [4.69, 9.17) is 0 Å². The van der Waals surface area contributed by atoms with Gasteiger partial charge in [-0.05, 0) is 25.5 Å². The number of allylic oxidation sites excluding steroid dienone is 1. The summed E-state index contributed by atoms with van der Waals surface area (Å²) in [5, 5.41) is 2.90. The Morgan fingerprint density at radius 1 is 1.47 bits per heavy atom. The van der Waals surface area contributed by atoms with Crippen LogP contribution in [0.4, 0.5) is 0 Å². The first-order chi connectivity index (χ1) is 9.20. The molecule has 0 atom stereocenters. The van der Waals surface area contributed by atoms with E-state index >= 15 is 0 Å². The molecule has 2 aromatic rings. The van der Waals surface area contributed by atoms with Crippen LogP contribution in [-0.4, -0.2) is 21.8 Å². The molecule has 0 fully saturated rings. The molecule has 2 rings (SSSR count). The minimum Gasteiger partial charge on any atom is -0.352 e. The highest BCUT2D eigenvalue weighted by atomic mass is 16.1. The highest BCUT2D eigenvalue weighted by Gasteiger charge is 2.04. The molecule has 0 aromatic carbocycles. The smallest absolute Gasteiger partial charge is 0.246 e. The number of amides is 1. The summed E-state index contributed by atoms with van der Waals surface area (Å²) >= 11 is 0. The molecule has 0 radical (unpaired) electrons. The second-order valence-corrected chi connectivity index (χ2v) is 4.50. The third-order valence-corrected chi connectivity index (χ3v) is 2.95. The van der Waals surface area contributed by atoms with Crippen molar-refractivity contribution in [2.45, 2.75) is 26.7 Å². The topological polar surface area (TPSA) is 46.4 Å². The predicted molar refractivity (Wildman–Crippen MR) is 76.0 cm³/mol. The molecule has 0 aliphatic heterocycles. The van der Waals surface area contributed by atoms with Gasteiger partial charge in [0.2, 0.25) is 5.91 Å².